The summed E-state index contributed by atoms with van der Waals surface area (Å²) < 4.78 is 0. The Labute approximate surface area is 127 Å². The number of nitrogens with zero attached hydrogens (tertiary/aromatic N) is 1. The van der Waals surface area contributed by atoms with E-state index >= 15 is 0 Å². The van der Waals surface area contributed by atoms with Crippen LogP contribution in [0, 0.1) is 6.92 Å². The van der Waals surface area contributed by atoms with Gasteiger partial charge in [-0.2, -0.15) is 5.10 Å². The van der Waals surface area contributed by atoms with Gasteiger partial charge in [-0.1, -0.05) is 36.4 Å². The number of anilines is 1. The summed E-state index contributed by atoms with van der Waals surface area (Å²) in [6.45, 7) is 1.88. The third-order valence-corrected chi connectivity index (χ3v) is 2.95. The topological polar surface area (TPSA) is 90.8 Å². The van der Waals surface area contributed by atoms with Gasteiger partial charge < -0.3 is 10.4 Å². The molecule has 0 saturated carbocycles. The molecule has 112 valence electrons. The molecule has 2 rings (SSSR count). The molecule has 0 bridgehead atoms. The van der Waals surface area contributed by atoms with Gasteiger partial charge >= 0.3 is 12.0 Å². The summed E-state index contributed by atoms with van der Waals surface area (Å²) in [7, 11) is 0. The Morgan fingerprint density at radius 3 is 2.50 bits per heavy atom. The highest BCUT2D eigenvalue weighted by Crippen LogP contribution is 2.12. The second kappa shape index (κ2) is 7.03. The summed E-state index contributed by atoms with van der Waals surface area (Å²) in [5.41, 5.74) is 4.44. The maximum absolute atomic E-state index is 11.7. The zero-order chi connectivity index (χ0) is 15.9. The Morgan fingerprint density at radius 1 is 1.09 bits per heavy atom. The summed E-state index contributed by atoms with van der Waals surface area (Å²) in [4.78, 5) is 22.8. The standard InChI is InChI=1S/C16H15N3O3/c1-11-6-2-5-9-14(11)18-16(22)19-17-10-12-7-3-4-8-13(12)15(20)21/h2-10H,1H3,(H,20,21)(H2,18,19,22)/b17-10-. The van der Waals surface area contributed by atoms with Crippen LogP contribution in [0.4, 0.5) is 10.5 Å². The molecule has 2 amide bonds. The molecule has 6 nitrogen and oxygen atoms in total. The predicted octanol–water partition coefficient (Wildman–Crippen LogP) is 2.85. The van der Waals surface area contributed by atoms with Crippen LogP contribution in [0.25, 0.3) is 0 Å². The minimum absolute atomic E-state index is 0.118. The van der Waals surface area contributed by atoms with Crippen LogP contribution in [-0.4, -0.2) is 23.3 Å². The maximum Gasteiger partial charge on any atom is 0.339 e. The highest BCUT2D eigenvalue weighted by atomic mass is 16.4. The first kappa shape index (κ1) is 15.2. The number of amides is 2. The molecular formula is C16H15N3O3. The van der Waals surface area contributed by atoms with E-state index in [2.05, 4.69) is 15.8 Å². The van der Waals surface area contributed by atoms with Crippen LogP contribution in [0.5, 0.6) is 0 Å². The van der Waals surface area contributed by atoms with E-state index in [0.29, 0.717) is 11.3 Å². The number of aryl methyl sites for hydroxylation is 1. The largest absolute Gasteiger partial charge is 0.478 e. The Kier molecular flexibility index (Phi) is 4.87. The summed E-state index contributed by atoms with van der Waals surface area (Å²) in [6.07, 6.45) is 1.29. The summed E-state index contributed by atoms with van der Waals surface area (Å²) in [6, 6.07) is 13.2. The molecule has 0 aromatic heterocycles. The number of carboxylic acids is 1. The Morgan fingerprint density at radius 2 is 1.77 bits per heavy atom. The van der Waals surface area contributed by atoms with Crippen molar-refractivity contribution in [3.8, 4) is 0 Å². The first-order valence-electron chi connectivity index (χ1n) is 6.56. The first-order valence-corrected chi connectivity index (χ1v) is 6.56. The third-order valence-electron chi connectivity index (χ3n) is 2.95. The van der Waals surface area contributed by atoms with E-state index in [1.165, 1.54) is 12.3 Å². The molecule has 22 heavy (non-hydrogen) atoms. The fraction of sp³-hybridized carbons (Fsp3) is 0.0625. The average Bonchev–Trinajstić information content (AvgIpc) is 2.50. The maximum atomic E-state index is 11.7. The monoisotopic (exact) mass is 297 g/mol. The zero-order valence-corrected chi connectivity index (χ0v) is 11.9. The molecule has 2 aromatic rings. The molecule has 0 spiro atoms. The van der Waals surface area contributed by atoms with E-state index in [-0.39, 0.29) is 5.56 Å². The van der Waals surface area contributed by atoms with E-state index in [4.69, 9.17) is 5.11 Å². The lowest BCUT2D eigenvalue weighted by atomic mass is 10.1. The van der Waals surface area contributed by atoms with Crippen molar-refractivity contribution in [3.63, 3.8) is 0 Å². The van der Waals surface area contributed by atoms with E-state index in [9.17, 15) is 9.59 Å². The lowest BCUT2D eigenvalue weighted by molar-refractivity contribution is 0.0696. The molecule has 3 N–H and O–H groups in total. The molecule has 0 aliphatic carbocycles. The second-order valence-electron chi connectivity index (χ2n) is 4.53. The summed E-state index contributed by atoms with van der Waals surface area (Å²) in [5.74, 6) is -1.05. The van der Waals surface area contributed by atoms with Crippen LogP contribution in [0.2, 0.25) is 0 Å². The van der Waals surface area contributed by atoms with Gasteiger partial charge in [-0.15, -0.1) is 0 Å². The van der Waals surface area contributed by atoms with Crippen molar-refractivity contribution < 1.29 is 14.7 Å². The van der Waals surface area contributed by atoms with E-state index in [1.54, 1.807) is 24.3 Å². The molecule has 0 saturated heterocycles. The minimum Gasteiger partial charge on any atom is -0.478 e. The van der Waals surface area contributed by atoms with Crippen molar-refractivity contribution in [2.24, 2.45) is 5.10 Å². The van der Waals surface area contributed by atoms with Crippen molar-refractivity contribution in [2.45, 2.75) is 6.92 Å². The van der Waals surface area contributed by atoms with Crippen LogP contribution in [-0.2, 0) is 0 Å². The number of rotatable bonds is 4. The Balaban J connectivity index is 2.00. The fourth-order valence-electron chi connectivity index (χ4n) is 1.83. The van der Waals surface area contributed by atoms with Gasteiger partial charge in [0.25, 0.3) is 0 Å². The predicted molar refractivity (Wildman–Crippen MR) is 84.3 cm³/mol. The molecule has 2 aromatic carbocycles. The molecule has 0 heterocycles. The minimum atomic E-state index is -1.05. The number of para-hydroxylation sites is 1. The van der Waals surface area contributed by atoms with E-state index in [1.807, 2.05) is 25.1 Å². The van der Waals surface area contributed by atoms with Crippen LogP contribution in [0.3, 0.4) is 0 Å². The van der Waals surface area contributed by atoms with Crippen molar-refractivity contribution >= 4 is 23.9 Å². The normalized spacial score (nSPS) is 10.4. The van der Waals surface area contributed by atoms with Gasteiger partial charge in [0.05, 0.1) is 11.8 Å². The fourth-order valence-corrected chi connectivity index (χ4v) is 1.83. The number of nitrogens with one attached hydrogen (secondary N) is 2. The Hall–Kier alpha value is -3.15. The number of benzene rings is 2. The van der Waals surface area contributed by atoms with Crippen LogP contribution < -0.4 is 10.7 Å². The summed E-state index contributed by atoms with van der Waals surface area (Å²) in [5, 5.41) is 15.5. The summed E-state index contributed by atoms with van der Waals surface area (Å²) >= 11 is 0. The molecule has 0 aliphatic heterocycles. The number of aromatic carboxylic acids is 1. The number of carboxylic acid groups (broad SMARTS) is 1. The van der Waals surface area contributed by atoms with Gasteiger partial charge in [-0.25, -0.2) is 15.0 Å². The molecule has 0 fully saturated rings. The van der Waals surface area contributed by atoms with Crippen LogP contribution in [0.15, 0.2) is 53.6 Å². The second-order valence-corrected chi connectivity index (χ2v) is 4.53. The van der Waals surface area contributed by atoms with Gasteiger partial charge in [0.1, 0.15) is 0 Å². The van der Waals surface area contributed by atoms with Gasteiger partial charge in [-0.3, -0.25) is 0 Å². The van der Waals surface area contributed by atoms with Crippen molar-refractivity contribution in [3.05, 3.63) is 65.2 Å². The first-order chi connectivity index (χ1) is 10.6. The van der Waals surface area contributed by atoms with Gasteiger partial charge in [0.2, 0.25) is 0 Å². The molecule has 0 unspecified atom stereocenters. The number of urea groups is 1. The number of carbonyl (C=O) groups excluding carboxylic acids is 1. The smallest absolute Gasteiger partial charge is 0.339 e. The Bertz CT molecular complexity index is 726. The number of hydrazone groups is 1. The lowest BCUT2D eigenvalue weighted by Crippen LogP contribution is -2.24. The van der Waals surface area contributed by atoms with E-state index in [0.717, 1.165) is 5.56 Å². The van der Waals surface area contributed by atoms with Gasteiger partial charge in [-0.05, 0) is 24.6 Å². The van der Waals surface area contributed by atoms with Crippen molar-refractivity contribution in [1.82, 2.24) is 5.43 Å². The van der Waals surface area contributed by atoms with E-state index < -0.39 is 12.0 Å². The third kappa shape index (κ3) is 3.92. The SMILES string of the molecule is Cc1ccccc1NC(=O)N/N=C\c1ccccc1C(=O)O. The number of hydrogen-bond donors (Lipinski definition) is 3. The number of hydrogen-bond acceptors (Lipinski definition) is 3. The molecular weight excluding hydrogens is 282 g/mol. The quantitative estimate of drug-likeness (QED) is 0.598. The lowest BCUT2D eigenvalue weighted by Gasteiger charge is -2.06. The van der Waals surface area contributed by atoms with Gasteiger partial charge in [0.15, 0.2) is 0 Å². The van der Waals surface area contributed by atoms with Gasteiger partial charge in [0, 0.05) is 11.3 Å². The molecule has 6 heteroatoms. The highest BCUT2D eigenvalue weighted by molar-refractivity contribution is 5.99. The number of carbonyl (C=O) groups is 2. The average molecular weight is 297 g/mol. The highest BCUT2D eigenvalue weighted by Gasteiger charge is 2.07. The van der Waals surface area contributed by atoms with Crippen LogP contribution >= 0.6 is 0 Å². The van der Waals surface area contributed by atoms with Crippen LogP contribution in [0.1, 0.15) is 21.5 Å². The van der Waals surface area contributed by atoms with Crippen molar-refractivity contribution in [2.75, 3.05) is 5.32 Å². The zero-order valence-electron chi connectivity index (χ0n) is 11.9. The molecule has 0 aliphatic rings. The molecule has 0 atom stereocenters. The van der Waals surface area contributed by atoms with Crippen molar-refractivity contribution in [1.29, 1.82) is 0 Å². The molecule has 0 radical (unpaired) electrons.